The number of hydrogen-bond donors (Lipinski definition) is 1. The Balaban J connectivity index is 1.68. The predicted molar refractivity (Wildman–Crippen MR) is 128 cm³/mol. The molecule has 0 spiro atoms. The zero-order valence-corrected chi connectivity index (χ0v) is 19.3. The van der Waals surface area contributed by atoms with Crippen LogP contribution in [-0.4, -0.2) is 26.8 Å². The van der Waals surface area contributed by atoms with Crippen molar-refractivity contribution in [3.63, 3.8) is 0 Å². The molecule has 2 aromatic carbocycles. The molecule has 0 aliphatic rings. The van der Waals surface area contributed by atoms with Gasteiger partial charge in [0.1, 0.15) is 0 Å². The summed E-state index contributed by atoms with van der Waals surface area (Å²) in [5, 5.41) is 9.06. The van der Waals surface area contributed by atoms with E-state index in [0.717, 1.165) is 33.4 Å². The highest BCUT2D eigenvalue weighted by molar-refractivity contribution is 6.31. The third-order valence-corrected chi connectivity index (χ3v) is 5.60. The zero-order valence-electron chi connectivity index (χ0n) is 18.5. The first-order valence-corrected chi connectivity index (χ1v) is 10.9. The van der Waals surface area contributed by atoms with Crippen LogP contribution in [0.5, 0.6) is 5.88 Å². The summed E-state index contributed by atoms with van der Waals surface area (Å²) in [7, 11) is 0. The summed E-state index contributed by atoms with van der Waals surface area (Å²) in [5.41, 5.74) is 5.23. The Morgan fingerprint density at radius 3 is 2.62 bits per heavy atom. The van der Waals surface area contributed by atoms with Crippen LogP contribution in [0.4, 0.5) is 5.69 Å². The van der Waals surface area contributed by atoms with Crippen LogP contribution in [0.2, 0.25) is 5.02 Å². The molecule has 0 unspecified atom stereocenters. The topological polar surface area (TPSA) is 69.0 Å². The standard InChI is InChI=1S/C25H25ClN4O2/c1-5-30-24-23(16(3)29-30)20(18-9-7-6-8-10-18)14-22(28-24)32-17(4)25(31)27-21-13-19(26)12-11-15(21)2/h6-14,17H,5H2,1-4H3,(H,27,31)/t17-/m0/s1. The largest absolute Gasteiger partial charge is 0.464 e. The minimum absolute atomic E-state index is 0.279. The second kappa shape index (κ2) is 9.01. The number of ether oxygens (including phenoxy) is 1. The fraction of sp³-hybridized carbons (Fsp3) is 0.240. The number of halogens is 1. The van der Waals surface area contributed by atoms with Crippen molar-refractivity contribution in [1.82, 2.24) is 14.8 Å². The summed E-state index contributed by atoms with van der Waals surface area (Å²) in [4.78, 5) is 17.5. The van der Waals surface area contributed by atoms with Crippen LogP contribution in [-0.2, 0) is 11.3 Å². The first-order valence-electron chi connectivity index (χ1n) is 10.5. The summed E-state index contributed by atoms with van der Waals surface area (Å²) >= 11 is 6.07. The highest BCUT2D eigenvalue weighted by Crippen LogP contribution is 2.33. The molecule has 0 saturated carbocycles. The minimum atomic E-state index is -0.763. The van der Waals surface area contributed by atoms with E-state index >= 15 is 0 Å². The van der Waals surface area contributed by atoms with Crippen LogP contribution in [0.3, 0.4) is 0 Å². The Labute approximate surface area is 192 Å². The van der Waals surface area contributed by atoms with Gasteiger partial charge in [-0.3, -0.25) is 4.79 Å². The number of carbonyl (C=O) groups is 1. The van der Waals surface area contributed by atoms with Crippen molar-refractivity contribution in [3.05, 3.63) is 70.9 Å². The average molecular weight is 449 g/mol. The second-order valence-corrected chi connectivity index (χ2v) is 8.12. The number of pyridine rings is 1. The molecule has 1 atom stereocenters. The number of nitrogens with one attached hydrogen (secondary N) is 1. The van der Waals surface area contributed by atoms with Gasteiger partial charge in [0, 0.05) is 23.3 Å². The van der Waals surface area contributed by atoms with Gasteiger partial charge in [-0.1, -0.05) is 48.0 Å². The number of anilines is 1. The molecule has 1 N–H and O–H groups in total. The van der Waals surface area contributed by atoms with Crippen LogP contribution >= 0.6 is 11.6 Å². The maximum Gasteiger partial charge on any atom is 0.265 e. The van der Waals surface area contributed by atoms with Crippen LogP contribution in [0.15, 0.2) is 54.6 Å². The fourth-order valence-corrected chi connectivity index (χ4v) is 3.83. The number of hydrogen-bond acceptors (Lipinski definition) is 4. The highest BCUT2D eigenvalue weighted by Gasteiger charge is 2.20. The Kier molecular flexibility index (Phi) is 6.15. The molecule has 4 aromatic rings. The van der Waals surface area contributed by atoms with Gasteiger partial charge in [0.05, 0.1) is 11.1 Å². The van der Waals surface area contributed by atoms with Crippen LogP contribution in [0.1, 0.15) is 25.1 Å². The van der Waals surface area contributed by atoms with Crippen molar-refractivity contribution >= 4 is 34.2 Å². The third-order valence-electron chi connectivity index (χ3n) is 5.36. The van der Waals surface area contributed by atoms with Gasteiger partial charge in [-0.15, -0.1) is 0 Å². The van der Waals surface area contributed by atoms with Gasteiger partial charge in [0.25, 0.3) is 5.91 Å². The number of fused-ring (bicyclic) bond motifs is 1. The molecule has 0 aliphatic heterocycles. The normalized spacial score (nSPS) is 12.0. The first kappa shape index (κ1) is 21.8. The summed E-state index contributed by atoms with van der Waals surface area (Å²) in [6.45, 7) is 8.29. The van der Waals surface area contributed by atoms with Gasteiger partial charge >= 0.3 is 0 Å². The monoisotopic (exact) mass is 448 g/mol. The number of carbonyl (C=O) groups excluding carboxylic acids is 1. The maximum atomic E-state index is 12.8. The summed E-state index contributed by atoms with van der Waals surface area (Å²) in [6, 6.07) is 17.3. The van der Waals surface area contributed by atoms with E-state index in [-0.39, 0.29) is 5.91 Å². The Hall–Kier alpha value is -3.38. The van der Waals surface area contributed by atoms with Crippen molar-refractivity contribution in [3.8, 4) is 17.0 Å². The Morgan fingerprint density at radius 2 is 1.91 bits per heavy atom. The predicted octanol–water partition coefficient (Wildman–Crippen LogP) is 5.79. The molecule has 2 aromatic heterocycles. The number of aryl methyl sites for hydroxylation is 3. The number of amides is 1. The van der Waals surface area contributed by atoms with Crippen LogP contribution in [0.25, 0.3) is 22.2 Å². The van der Waals surface area contributed by atoms with E-state index in [1.165, 1.54) is 0 Å². The lowest BCUT2D eigenvalue weighted by Crippen LogP contribution is -2.30. The number of nitrogens with zero attached hydrogens (tertiary/aromatic N) is 3. The minimum Gasteiger partial charge on any atom is -0.464 e. The molecule has 0 fully saturated rings. The van der Waals surface area contributed by atoms with E-state index in [1.54, 1.807) is 19.1 Å². The van der Waals surface area contributed by atoms with Crippen LogP contribution < -0.4 is 10.1 Å². The molecule has 6 nitrogen and oxygen atoms in total. The SMILES string of the molecule is CCn1nc(C)c2c(-c3ccccc3)cc(O[C@@H](C)C(=O)Nc3cc(Cl)ccc3C)nc21. The van der Waals surface area contributed by atoms with E-state index in [2.05, 4.69) is 10.4 Å². The van der Waals surface area contributed by atoms with Crippen molar-refractivity contribution in [2.24, 2.45) is 0 Å². The molecular formula is C25H25ClN4O2. The van der Waals surface area contributed by atoms with E-state index in [1.807, 2.05) is 67.9 Å². The molecule has 164 valence electrons. The molecule has 0 radical (unpaired) electrons. The number of aromatic nitrogens is 3. The smallest absolute Gasteiger partial charge is 0.265 e. The summed E-state index contributed by atoms with van der Waals surface area (Å²) in [6.07, 6.45) is -0.763. The lowest BCUT2D eigenvalue weighted by molar-refractivity contribution is -0.122. The van der Waals surface area contributed by atoms with Crippen molar-refractivity contribution in [2.45, 2.75) is 40.3 Å². The maximum absolute atomic E-state index is 12.8. The van der Waals surface area contributed by atoms with Gasteiger partial charge in [0.2, 0.25) is 5.88 Å². The van der Waals surface area contributed by atoms with Gasteiger partial charge in [0.15, 0.2) is 11.8 Å². The molecule has 1 amide bonds. The van der Waals surface area contributed by atoms with E-state index < -0.39 is 6.10 Å². The van der Waals surface area contributed by atoms with Gasteiger partial charge in [-0.25, -0.2) is 4.68 Å². The van der Waals surface area contributed by atoms with E-state index in [9.17, 15) is 4.79 Å². The van der Waals surface area contributed by atoms with Gasteiger partial charge in [-0.05, 0) is 56.5 Å². The van der Waals surface area contributed by atoms with Gasteiger partial charge < -0.3 is 10.1 Å². The lowest BCUT2D eigenvalue weighted by Gasteiger charge is -2.16. The first-order chi connectivity index (χ1) is 15.4. The van der Waals surface area contributed by atoms with Crippen LogP contribution in [0, 0.1) is 13.8 Å². The molecule has 0 bridgehead atoms. The van der Waals surface area contributed by atoms with E-state index in [0.29, 0.717) is 23.1 Å². The average Bonchev–Trinajstić information content (AvgIpc) is 3.11. The second-order valence-electron chi connectivity index (χ2n) is 7.68. The highest BCUT2D eigenvalue weighted by atomic mass is 35.5. The molecule has 0 aliphatic carbocycles. The van der Waals surface area contributed by atoms with Gasteiger partial charge in [-0.2, -0.15) is 10.1 Å². The molecule has 2 heterocycles. The Bertz CT molecular complexity index is 1280. The lowest BCUT2D eigenvalue weighted by atomic mass is 10.0. The summed E-state index contributed by atoms with van der Waals surface area (Å²) < 4.78 is 7.85. The van der Waals surface area contributed by atoms with Crippen molar-refractivity contribution in [2.75, 3.05) is 5.32 Å². The molecule has 0 saturated heterocycles. The van der Waals surface area contributed by atoms with Crippen molar-refractivity contribution < 1.29 is 9.53 Å². The fourth-order valence-electron chi connectivity index (χ4n) is 3.65. The third kappa shape index (κ3) is 4.32. The molecule has 7 heteroatoms. The number of benzene rings is 2. The molecular weight excluding hydrogens is 424 g/mol. The molecule has 32 heavy (non-hydrogen) atoms. The summed E-state index contributed by atoms with van der Waals surface area (Å²) in [5.74, 6) is 0.0927. The molecule has 4 rings (SSSR count). The quantitative estimate of drug-likeness (QED) is 0.405. The van der Waals surface area contributed by atoms with Crippen molar-refractivity contribution in [1.29, 1.82) is 0 Å². The number of rotatable bonds is 6. The Morgan fingerprint density at radius 1 is 1.16 bits per heavy atom. The van der Waals surface area contributed by atoms with E-state index in [4.69, 9.17) is 21.3 Å². The zero-order chi connectivity index (χ0) is 22.8.